The normalized spacial score (nSPS) is 18.4. The summed E-state index contributed by atoms with van der Waals surface area (Å²) < 4.78 is 5.96. The molecule has 0 unspecified atom stereocenters. The van der Waals surface area contributed by atoms with Crippen LogP contribution >= 0.6 is 11.3 Å². The maximum Gasteiger partial charge on any atom is 0.268 e. The minimum atomic E-state index is -0.538. The van der Waals surface area contributed by atoms with E-state index >= 15 is 0 Å². The molecule has 2 amide bonds. The van der Waals surface area contributed by atoms with Gasteiger partial charge in [-0.05, 0) is 24.3 Å². The number of hydrogen-bond donors (Lipinski definition) is 0. The van der Waals surface area contributed by atoms with Crippen molar-refractivity contribution < 1.29 is 14.3 Å². The van der Waals surface area contributed by atoms with Crippen molar-refractivity contribution in [3.05, 3.63) is 48.2 Å². The number of rotatable bonds is 6. The van der Waals surface area contributed by atoms with Crippen LogP contribution in [0.2, 0.25) is 0 Å². The molecular weight excluding hydrogens is 440 g/mol. The monoisotopic (exact) mass is 464 g/mol. The van der Waals surface area contributed by atoms with Crippen molar-refractivity contribution in [1.29, 1.82) is 0 Å². The number of ether oxygens (including phenoxy) is 1. The first-order valence-electron chi connectivity index (χ1n) is 10.8. The molecule has 3 aromatic rings. The third-order valence-corrected chi connectivity index (χ3v) is 6.68. The molecule has 0 aliphatic carbocycles. The molecule has 2 aliphatic heterocycles. The Morgan fingerprint density at radius 3 is 2.48 bits per heavy atom. The van der Waals surface area contributed by atoms with Crippen molar-refractivity contribution in [3.63, 3.8) is 0 Å². The molecule has 10 heteroatoms. The van der Waals surface area contributed by atoms with E-state index in [1.165, 1.54) is 0 Å². The van der Waals surface area contributed by atoms with Gasteiger partial charge in [0, 0.05) is 57.3 Å². The summed E-state index contributed by atoms with van der Waals surface area (Å²) in [6.45, 7) is 1.76. The second-order valence-electron chi connectivity index (χ2n) is 8.32. The van der Waals surface area contributed by atoms with Crippen LogP contribution < -0.4 is 14.5 Å². The van der Waals surface area contributed by atoms with Gasteiger partial charge in [-0.2, -0.15) is 0 Å². The molecule has 0 radical (unpaired) electrons. The lowest BCUT2D eigenvalue weighted by molar-refractivity contribution is -0.133. The molecule has 2 saturated heterocycles. The molecule has 9 nitrogen and oxygen atoms in total. The van der Waals surface area contributed by atoms with Crippen LogP contribution in [0.1, 0.15) is 6.42 Å². The SMILES string of the molecule is CN(C)C(=O)C1CN(c2ncc(N3CC[C@@H](Oc4ccc(-c5nccs5)cc4)C3=O)cn2)C1. The summed E-state index contributed by atoms with van der Waals surface area (Å²) in [6, 6.07) is 7.63. The molecule has 2 aromatic heterocycles. The topological polar surface area (TPSA) is 91.8 Å². The summed E-state index contributed by atoms with van der Waals surface area (Å²) in [7, 11) is 3.52. The molecule has 4 heterocycles. The van der Waals surface area contributed by atoms with E-state index in [0.717, 1.165) is 10.6 Å². The Labute approximate surface area is 195 Å². The summed E-state index contributed by atoms with van der Waals surface area (Å²) in [5.41, 5.74) is 1.67. The van der Waals surface area contributed by atoms with Gasteiger partial charge in [-0.3, -0.25) is 9.59 Å². The molecule has 0 N–H and O–H groups in total. The van der Waals surface area contributed by atoms with Crippen molar-refractivity contribution >= 4 is 34.8 Å². The first-order chi connectivity index (χ1) is 16.0. The second kappa shape index (κ2) is 8.78. The van der Waals surface area contributed by atoms with Crippen molar-refractivity contribution in [2.24, 2.45) is 5.92 Å². The highest BCUT2D eigenvalue weighted by Gasteiger charge is 2.36. The lowest BCUT2D eigenvalue weighted by Gasteiger charge is -2.39. The zero-order chi connectivity index (χ0) is 22.9. The maximum atomic E-state index is 12.9. The van der Waals surface area contributed by atoms with Gasteiger partial charge < -0.3 is 19.4 Å². The fourth-order valence-electron chi connectivity index (χ4n) is 4.01. The standard InChI is InChI=1S/C23H24N6O3S/c1-27(2)21(30)16-13-28(14-16)23-25-11-17(12-26-23)29-9-7-19(22(29)31)32-18-5-3-15(4-6-18)20-24-8-10-33-20/h3-6,8,10-12,16,19H,7,9,13-14H2,1-2H3/t19-/m1/s1. The Morgan fingerprint density at radius 1 is 1.12 bits per heavy atom. The highest BCUT2D eigenvalue weighted by atomic mass is 32.1. The molecule has 0 saturated carbocycles. The van der Waals surface area contributed by atoms with Crippen LogP contribution in [0.3, 0.4) is 0 Å². The number of benzene rings is 1. The number of nitrogens with zero attached hydrogens (tertiary/aromatic N) is 6. The Kier molecular flexibility index (Phi) is 5.67. The fourth-order valence-corrected chi connectivity index (χ4v) is 4.65. The lowest BCUT2D eigenvalue weighted by Crippen LogP contribution is -2.54. The molecule has 170 valence electrons. The zero-order valence-corrected chi connectivity index (χ0v) is 19.2. The van der Waals surface area contributed by atoms with E-state index < -0.39 is 6.10 Å². The van der Waals surface area contributed by atoms with Gasteiger partial charge in [0.05, 0.1) is 24.0 Å². The van der Waals surface area contributed by atoms with Gasteiger partial charge in [-0.25, -0.2) is 15.0 Å². The molecule has 2 aliphatic rings. The van der Waals surface area contributed by atoms with Gasteiger partial charge in [0.15, 0.2) is 6.10 Å². The maximum absolute atomic E-state index is 12.9. The number of aromatic nitrogens is 3. The Hall–Kier alpha value is -3.53. The molecule has 33 heavy (non-hydrogen) atoms. The van der Waals surface area contributed by atoms with Gasteiger partial charge in [-0.1, -0.05) is 0 Å². The van der Waals surface area contributed by atoms with Crippen LogP contribution in [0.5, 0.6) is 5.75 Å². The van der Waals surface area contributed by atoms with Crippen LogP contribution in [0, 0.1) is 5.92 Å². The summed E-state index contributed by atoms with van der Waals surface area (Å²) >= 11 is 1.58. The van der Waals surface area contributed by atoms with Crippen LogP contribution in [-0.2, 0) is 9.59 Å². The number of amides is 2. The van der Waals surface area contributed by atoms with Crippen LogP contribution in [0.25, 0.3) is 10.6 Å². The quantitative estimate of drug-likeness (QED) is 0.553. The molecular formula is C23H24N6O3S. The Balaban J connectivity index is 1.18. The predicted octanol–water partition coefficient (Wildman–Crippen LogP) is 2.31. The van der Waals surface area contributed by atoms with Crippen LogP contribution in [0.15, 0.2) is 48.2 Å². The number of anilines is 2. The van der Waals surface area contributed by atoms with Crippen LogP contribution in [-0.4, -0.2) is 71.5 Å². The number of hydrogen-bond acceptors (Lipinski definition) is 8. The van der Waals surface area contributed by atoms with Gasteiger partial charge in [0.2, 0.25) is 11.9 Å². The molecule has 1 aromatic carbocycles. The average Bonchev–Trinajstić information content (AvgIpc) is 3.45. The van der Waals surface area contributed by atoms with E-state index in [2.05, 4.69) is 15.0 Å². The second-order valence-corrected chi connectivity index (χ2v) is 9.22. The predicted molar refractivity (Wildman–Crippen MR) is 125 cm³/mol. The molecule has 0 bridgehead atoms. The van der Waals surface area contributed by atoms with Crippen molar-refractivity contribution in [3.8, 4) is 16.3 Å². The Bertz CT molecular complexity index is 1130. The number of carbonyl (C=O) groups excluding carboxylic acids is 2. The summed E-state index contributed by atoms with van der Waals surface area (Å²) in [5, 5.41) is 2.89. The molecule has 1 atom stereocenters. The van der Waals surface area contributed by atoms with Gasteiger partial charge in [-0.15, -0.1) is 11.3 Å². The largest absolute Gasteiger partial charge is 0.481 e. The fraction of sp³-hybridized carbons (Fsp3) is 0.348. The van der Waals surface area contributed by atoms with Gasteiger partial charge in [0.1, 0.15) is 10.8 Å². The number of thiazole rings is 1. The summed E-state index contributed by atoms with van der Waals surface area (Å²) in [5.74, 6) is 1.23. The van der Waals surface area contributed by atoms with E-state index in [-0.39, 0.29) is 17.7 Å². The molecule has 2 fully saturated rings. The van der Waals surface area contributed by atoms with E-state index in [1.807, 2.05) is 34.5 Å². The lowest BCUT2D eigenvalue weighted by atomic mass is 9.99. The van der Waals surface area contributed by atoms with E-state index in [1.54, 1.807) is 53.8 Å². The van der Waals surface area contributed by atoms with Gasteiger partial charge in [0.25, 0.3) is 5.91 Å². The highest BCUT2D eigenvalue weighted by Crippen LogP contribution is 2.28. The van der Waals surface area contributed by atoms with E-state index in [4.69, 9.17) is 4.74 Å². The molecule has 0 spiro atoms. The first kappa shape index (κ1) is 21.3. The average molecular weight is 465 g/mol. The highest BCUT2D eigenvalue weighted by molar-refractivity contribution is 7.13. The van der Waals surface area contributed by atoms with Crippen LogP contribution in [0.4, 0.5) is 11.6 Å². The first-order valence-corrected chi connectivity index (χ1v) is 11.6. The van der Waals surface area contributed by atoms with Crippen molar-refractivity contribution in [2.45, 2.75) is 12.5 Å². The third kappa shape index (κ3) is 4.25. The minimum absolute atomic E-state index is 0.0167. The van der Waals surface area contributed by atoms with Gasteiger partial charge >= 0.3 is 0 Å². The third-order valence-electron chi connectivity index (χ3n) is 5.86. The van der Waals surface area contributed by atoms with E-state index in [9.17, 15) is 9.59 Å². The van der Waals surface area contributed by atoms with Crippen molar-refractivity contribution in [2.75, 3.05) is 43.5 Å². The Morgan fingerprint density at radius 2 is 1.85 bits per heavy atom. The van der Waals surface area contributed by atoms with Crippen molar-refractivity contribution in [1.82, 2.24) is 19.9 Å². The summed E-state index contributed by atoms with van der Waals surface area (Å²) in [6.07, 6.45) is 5.15. The molecule has 5 rings (SSSR count). The minimum Gasteiger partial charge on any atom is -0.481 e. The zero-order valence-electron chi connectivity index (χ0n) is 18.4. The number of carbonyl (C=O) groups is 2. The van der Waals surface area contributed by atoms with E-state index in [0.29, 0.717) is 43.4 Å². The summed E-state index contributed by atoms with van der Waals surface area (Å²) in [4.78, 5) is 43.3. The smallest absolute Gasteiger partial charge is 0.268 e.